The van der Waals surface area contributed by atoms with Crippen molar-refractivity contribution in [2.24, 2.45) is 7.05 Å². The second-order valence-corrected chi connectivity index (χ2v) is 8.46. The maximum atomic E-state index is 13.0. The minimum atomic E-state index is -5.08. The molecule has 0 bridgehead atoms. The number of carboxylic acid groups (broad SMARTS) is 1. The molecule has 1 unspecified atom stereocenters. The number of nitrogens with one attached hydrogen (secondary N) is 1. The van der Waals surface area contributed by atoms with Crippen LogP contribution in [0.25, 0.3) is 0 Å². The van der Waals surface area contributed by atoms with Gasteiger partial charge in [0.15, 0.2) is 0 Å². The number of hydrogen-bond acceptors (Lipinski definition) is 5. The highest BCUT2D eigenvalue weighted by Crippen LogP contribution is 2.33. The molecule has 164 valence electrons. The van der Waals surface area contributed by atoms with E-state index in [4.69, 9.17) is 9.90 Å². The molecular formula is C19H23F3N4O3S. The van der Waals surface area contributed by atoms with Crippen LogP contribution in [-0.4, -0.2) is 50.4 Å². The molecule has 0 aromatic carbocycles. The van der Waals surface area contributed by atoms with Crippen molar-refractivity contribution < 1.29 is 27.9 Å². The number of alkyl halides is 3. The first-order chi connectivity index (χ1) is 14.1. The number of thiophene rings is 1. The Bertz CT molecular complexity index is 886. The van der Waals surface area contributed by atoms with Crippen molar-refractivity contribution in [3.05, 3.63) is 39.8 Å². The van der Waals surface area contributed by atoms with E-state index < -0.39 is 12.1 Å². The Labute approximate surface area is 175 Å². The van der Waals surface area contributed by atoms with Crippen LogP contribution >= 0.6 is 11.3 Å². The van der Waals surface area contributed by atoms with E-state index in [2.05, 4.69) is 16.5 Å². The number of nitrogens with zero attached hydrogens (tertiary/aromatic N) is 3. The Morgan fingerprint density at radius 2 is 2.03 bits per heavy atom. The van der Waals surface area contributed by atoms with Crippen molar-refractivity contribution in [3.63, 3.8) is 0 Å². The third-order valence-corrected chi connectivity index (χ3v) is 6.03. The molecule has 30 heavy (non-hydrogen) atoms. The normalized spacial score (nSPS) is 18.6. The zero-order valence-corrected chi connectivity index (χ0v) is 17.2. The lowest BCUT2D eigenvalue weighted by atomic mass is 10.2. The first-order valence-electron chi connectivity index (χ1n) is 9.57. The average Bonchev–Trinajstić information content (AvgIpc) is 3.08. The molecule has 1 aliphatic heterocycles. The number of rotatable bonds is 5. The molecular weight excluding hydrogens is 421 g/mol. The second-order valence-electron chi connectivity index (χ2n) is 7.34. The first-order valence-corrected chi connectivity index (χ1v) is 10.4. The van der Waals surface area contributed by atoms with Crippen LogP contribution in [0.15, 0.2) is 24.5 Å². The molecule has 3 heterocycles. The van der Waals surface area contributed by atoms with Crippen LogP contribution in [0.5, 0.6) is 0 Å². The summed E-state index contributed by atoms with van der Waals surface area (Å²) in [6, 6.07) is 4.96. The summed E-state index contributed by atoms with van der Waals surface area (Å²) in [4.78, 5) is 26.0. The molecule has 1 saturated heterocycles. The monoisotopic (exact) mass is 444 g/mol. The van der Waals surface area contributed by atoms with Crippen LogP contribution in [0.3, 0.4) is 0 Å². The fourth-order valence-corrected chi connectivity index (χ4v) is 4.30. The number of aromatic nitrogens is 2. The molecule has 1 saturated carbocycles. The number of amides is 1. The van der Waals surface area contributed by atoms with Crippen molar-refractivity contribution in [3.8, 4) is 0 Å². The quantitative estimate of drug-likeness (QED) is 0.739. The Kier molecular flexibility index (Phi) is 6.81. The number of carbonyl (C=O) groups is 2. The summed E-state index contributed by atoms with van der Waals surface area (Å²) in [5.41, 5.74) is 1.10. The molecule has 2 aromatic heterocycles. The van der Waals surface area contributed by atoms with Gasteiger partial charge >= 0.3 is 12.1 Å². The second kappa shape index (κ2) is 9.17. The molecule has 1 atom stereocenters. The van der Waals surface area contributed by atoms with E-state index >= 15 is 0 Å². The highest BCUT2D eigenvalue weighted by Gasteiger charge is 2.38. The maximum absolute atomic E-state index is 13.0. The Hall–Kier alpha value is -2.40. The fraction of sp³-hybridized carbons (Fsp3) is 0.526. The lowest BCUT2D eigenvalue weighted by Gasteiger charge is -2.21. The first kappa shape index (κ1) is 22.3. The molecule has 0 spiro atoms. The Morgan fingerprint density at radius 1 is 1.33 bits per heavy atom. The zero-order valence-electron chi connectivity index (χ0n) is 16.4. The summed E-state index contributed by atoms with van der Waals surface area (Å²) in [7, 11) is 1.91. The van der Waals surface area contributed by atoms with Crippen LogP contribution in [-0.2, 0) is 18.4 Å². The van der Waals surface area contributed by atoms with Crippen LogP contribution < -0.4 is 5.32 Å². The SMILES string of the molecule is Cn1cc(CN(C(=O)c2ccc(C3CCCN3)s2)C2CC2)cn1.O=C(O)C(F)(F)F. The topological polar surface area (TPSA) is 87.5 Å². The number of aryl methyl sites for hydroxylation is 1. The van der Waals surface area contributed by atoms with E-state index in [1.54, 1.807) is 16.0 Å². The molecule has 4 rings (SSSR count). The number of hydrogen-bond donors (Lipinski definition) is 2. The van der Waals surface area contributed by atoms with Crippen molar-refractivity contribution in [1.82, 2.24) is 20.0 Å². The van der Waals surface area contributed by atoms with Gasteiger partial charge < -0.3 is 15.3 Å². The van der Waals surface area contributed by atoms with Crippen LogP contribution in [0.2, 0.25) is 0 Å². The van der Waals surface area contributed by atoms with Crippen molar-refractivity contribution in [2.75, 3.05) is 6.54 Å². The van der Waals surface area contributed by atoms with E-state index in [1.165, 1.54) is 17.7 Å². The highest BCUT2D eigenvalue weighted by molar-refractivity contribution is 7.14. The number of halogens is 3. The summed E-state index contributed by atoms with van der Waals surface area (Å²) >= 11 is 1.65. The standard InChI is InChI=1S/C17H22N4OS.C2HF3O2/c1-20-10-12(9-19-20)11-21(13-4-5-13)17(22)16-7-6-15(23-16)14-3-2-8-18-14;3-2(4,5)1(6)7/h6-7,9-10,13-14,18H,2-5,8,11H2,1H3;(H,6,7). The summed E-state index contributed by atoms with van der Waals surface area (Å²) in [6.45, 7) is 1.74. The molecule has 1 amide bonds. The minimum absolute atomic E-state index is 0.172. The molecule has 7 nitrogen and oxygen atoms in total. The lowest BCUT2D eigenvalue weighted by Crippen LogP contribution is -2.31. The van der Waals surface area contributed by atoms with E-state index in [0.29, 0.717) is 18.6 Å². The van der Waals surface area contributed by atoms with Gasteiger partial charge in [0.25, 0.3) is 5.91 Å². The molecule has 0 radical (unpaired) electrons. The van der Waals surface area contributed by atoms with Gasteiger partial charge in [-0.25, -0.2) is 4.79 Å². The molecule has 11 heteroatoms. The maximum Gasteiger partial charge on any atom is 0.490 e. The van der Waals surface area contributed by atoms with Gasteiger partial charge in [-0.1, -0.05) is 0 Å². The largest absolute Gasteiger partial charge is 0.490 e. The Morgan fingerprint density at radius 3 is 2.53 bits per heavy atom. The minimum Gasteiger partial charge on any atom is -0.475 e. The van der Waals surface area contributed by atoms with Gasteiger partial charge in [0.2, 0.25) is 0 Å². The highest BCUT2D eigenvalue weighted by atomic mass is 32.1. The van der Waals surface area contributed by atoms with Crippen LogP contribution in [0.1, 0.15) is 51.8 Å². The molecule has 2 N–H and O–H groups in total. The molecule has 2 fully saturated rings. The van der Waals surface area contributed by atoms with Crippen molar-refractivity contribution >= 4 is 23.2 Å². The van der Waals surface area contributed by atoms with Gasteiger partial charge in [0.1, 0.15) is 0 Å². The zero-order chi connectivity index (χ0) is 21.9. The third kappa shape index (κ3) is 5.82. The van der Waals surface area contributed by atoms with Gasteiger partial charge in [-0.2, -0.15) is 18.3 Å². The van der Waals surface area contributed by atoms with Crippen molar-refractivity contribution in [2.45, 2.75) is 50.5 Å². The van der Waals surface area contributed by atoms with Gasteiger partial charge in [0.05, 0.1) is 11.1 Å². The molecule has 2 aromatic rings. The van der Waals surface area contributed by atoms with Crippen LogP contribution in [0, 0.1) is 0 Å². The van der Waals surface area contributed by atoms with Gasteiger partial charge in [-0.15, -0.1) is 11.3 Å². The molecule has 1 aliphatic carbocycles. The van der Waals surface area contributed by atoms with E-state index in [1.807, 2.05) is 30.4 Å². The summed E-state index contributed by atoms with van der Waals surface area (Å²) in [5.74, 6) is -2.59. The number of carboxylic acids is 1. The third-order valence-electron chi connectivity index (χ3n) is 4.84. The Balaban J connectivity index is 0.000000318. The molecule has 2 aliphatic rings. The lowest BCUT2D eigenvalue weighted by molar-refractivity contribution is -0.192. The predicted octanol–water partition coefficient (Wildman–Crippen LogP) is 3.34. The van der Waals surface area contributed by atoms with Crippen molar-refractivity contribution in [1.29, 1.82) is 0 Å². The average molecular weight is 444 g/mol. The van der Waals surface area contributed by atoms with E-state index in [9.17, 15) is 18.0 Å². The number of carbonyl (C=O) groups excluding carboxylic acids is 1. The van der Waals surface area contributed by atoms with E-state index in [-0.39, 0.29) is 5.91 Å². The smallest absolute Gasteiger partial charge is 0.475 e. The predicted molar refractivity (Wildman–Crippen MR) is 104 cm³/mol. The summed E-state index contributed by atoms with van der Waals surface area (Å²) in [6.07, 6.45) is 3.40. The van der Waals surface area contributed by atoms with E-state index in [0.717, 1.165) is 29.8 Å². The van der Waals surface area contributed by atoms with Crippen LogP contribution in [0.4, 0.5) is 13.2 Å². The van der Waals surface area contributed by atoms with Gasteiger partial charge in [0, 0.05) is 42.3 Å². The fourth-order valence-electron chi connectivity index (χ4n) is 3.23. The van der Waals surface area contributed by atoms with Gasteiger partial charge in [-0.3, -0.25) is 9.48 Å². The van der Waals surface area contributed by atoms with Gasteiger partial charge in [-0.05, 0) is 44.4 Å². The summed E-state index contributed by atoms with van der Waals surface area (Å²) in [5, 5.41) is 14.8. The number of aliphatic carboxylic acids is 1. The summed E-state index contributed by atoms with van der Waals surface area (Å²) < 4.78 is 33.5.